The number of esters is 1. The molecule has 1 heterocycles. The molecule has 2 atom stereocenters. The summed E-state index contributed by atoms with van der Waals surface area (Å²) in [4.78, 5) is 13.6. The van der Waals surface area contributed by atoms with Crippen molar-refractivity contribution in [1.29, 1.82) is 0 Å². The summed E-state index contributed by atoms with van der Waals surface area (Å²) in [6.45, 7) is 5.27. The zero-order chi connectivity index (χ0) is 13.7. The summed E-state index contributed by atoms with van der Waals surface area (Å²) in [5, 5.41) is 0. The van der Waals surface area contributed by atoms with Gasteiger partial charge in [-0.3, -0.25) is 9.69 Å². The van der Waals surface area contributed by atoms with Gasteiger partial charge in [0.15, 0.2) is 0 Å². The predicted octanol–water partition coefficient (Wildman–Crippen LogP) is 3.17. The molecule has 0 saturated carbocycles. The van der Waals surface area contributed by atoms with Crippen LogP contribution in [-0.4, -0.2) is 30.1 Å². The lowest BCUT2D eigenvalue weighted by Gasteiger charge is -2.39. The minimum atomic E-state index is -0.203. The van der Waals surface area contributed by atoms with E-state index in [2.05, 4.69) is 24.0 Å². The number of carbonyl (C=O) groups is 1. The zero-order valence-electron chi connectivity index (χ0n) is 11.8. The number of hydrogen-bond donors (Lipinski definition) is 0. The van der Waals surface area contributed by atoms with Crippen molar-refractivity contribution in [2.75, 3.05) is 13.2 Å². The number of rotatable bonds is 4. The van der Waals surface area contributed by atoms with Gasteiger partial charge in [0.05, 0.1) is 6.04 Å². The maximum atomic E-state index is 11.1. The summed E-state index contributed by atoms with van der Waals surface area (Å²) in [7, 11) is 0. The Kier molecular flexibility index (Phi) is 4.97. The van der Waals surface area contributed by atoms with Crippen LogP contribution in [0.4, 0.5) is 0 Å². The molecule has 0 bridgehead atoms. The first-order valence-electron chi connectivity index (χ1n) is 7.12. The summed E-state index contributed by atoms with van der Waals surface area (Å²) in [6, 6.07) is 11.1. The maximum absolute atomic E-state index is 11.1. The van der Waals surface area contributed by atoms with Gasteiger partial charge >= 0.3 is 5.97 Å². The molecule has 104 valence electrons. The van der Waals surface area contributed by atoms with E-state index in [0.29, 0.717) is 12.6 Å². The molecule has 0 aromatic heterocycles. The van der Waals surface area contributed by atoms with E-state index in [-0.39, 0.29) is 12.0 Å². The van der Waals surface area contributed by atoms with Crippen molar-refractivity contribution < 1.29 is 9.53 Å². The lowest BCUT2D eigenvalue weighted by Crippen LogP contribution is -2.42. The van der Waals surface area contributed by atoms with E-state index in [1.54, 1.807) is 0 Å². The number of likely N-dealkylation sites (tertiary alicyclic amines) is 1. The number of benzene rings is 1. The number of nitrogens with zero attached hydrogens (tertiary/aromatic N) is 1. The minimum Gasteiger partial charge on any atom is -0.464 e. The first-order chi connectivity index (χ1) is 9.18. The summed E-state index contributed by atoms with van der Waals surface area (Å²) in [5.74, 6) is -0.203. The van der Waals surface area contributed by atoms with Crippen LogP contribution in [0.5, 0.6) is 0 Å². The highest BCUT2D eigenvalue weighted by atomic mass is 16.5. The number of carbonyl (C=O) groups excluding carboxylic acids is 1. The van der Waals surface area contributed by atoms with Gasteiger partial charge in [-0.05, 0) is 31.9 Å². The first kappa shape index (κ1) is 14.1. The Balaban J connectivity index is 2.15. The van der Waals surface area contributed by atoms with Crippen LogP contribution >= 0.6 is 0 Å². The Hall–Kier alpha value is -1.35. The number of hydrogen-bond acceptors (Lipinski definition) is 3. The van der Waals surface area contributed by atoms with Crippen LogP contribution in [0.1, 0.15) is 44.7 Å². The molecule has 0 amide bonds. The van der Waals surface area contributed by atoms with E-state index in [1.165, 1.54) is 31.7 Å². The summed E-state index contributed by atoms with van der Waals surface area (Å²) in [6.07, 6.45) is 3.75. The molecule has 1 saturated heterocycles. The zero-order valence-corrected chi connectivity index (χ0v) is 11.8. The fourth-order valence-electron chi connectivity index (χ4n) is 2.84. The molecule has 19 heavy (non-hydrogen) atoms. The Morgan fingerprint density at radius 1 is 1.37 bits per heavy atom. The van der Waals surface area contributed by atoms with Crippen LogP contribution < -0.4 is 0 Å². The predicted molar refractivity (Wildman–Crippen MR) is 75.8 cm³/mol. The smallest absolute Gasteiger partial charge is 0.302 e. The van der Waals surface area contributed by atoms with Crippen LogP contribution in [0.3, 0.4) is 0 Å². The van der Waals surface area contributed by atoms with Gasteiger partial charge in [-0.2, -0.15) is 0 Å². The fraction of sp³-hybridized carbons (Fsp3) is 0.562. The van der Waals surface area contributed by atoms with Gasteiger partial charge in [0, 0.05) is 13.0 Å². The summed E-state index contributed by atoms with van der Waals surface area (Å²) < 4.78 is 5.28. The summed E-state index contributed by atoms with van der Waals surface area (Å²) in [5.41, 5.74) is 1.23. The Bertz CT molecular complexity index is 404. The Morgan fingerprint density at radius 2 is 2.11 bits per heavy atom. The second-order valence-corrected chi connectivity index (χ2v) is 5.31. The number of ether oxygens (including phenoxy) is 1. The largest absolute Gasteiger partial charge is 0.464 e. The SMILES string of the molecule is CC(=O)OC[C@H](c1ccccc1)N1CCCC[C@@H]1C. The van der Waals surface area contributed by atoms with Crippen LogP contribution in [0.25, 0.3) is 0 Å². The molecule has 0 unspecified atom stereocenters. The van der Waals surface area contributed by atoms with Gasteiger partial charge in [0.2, 0.25) is 0 Å². The van der Waals surface area contributed by atoms with Crippen LogP contribution in [-0.2, 0) is 9.53 Å². The topological polar surface area (TPSA) is 29.5 Å². The second-order valence-electron chi connectivity index (χ2n) is 5.31. The molecular formula is C16H23NO2. The van der Waals surface area contributed by atoms with Crippen LogP contribution in [0, 0.1) is 0 Å². The molecule has 0 radical (unpaired) electrons. The summed E-state index contributed by atoms with van der Waals surface area (Å²) >= 11 is 0. The van der Waals surface area contributed by atoms with E-state index >= 15 is 0 Å². The van der Waals surface area contributed by atoms with Gasteiger partial charge < -0.3 is 4.74 Å². The molecular weight excluding hydrogens is 238 g/mol. The molecule has 1 aromatic carbocycles. The van der Waals surface area contributed by atoms with Crippen LogP contribution in [0.15, 0.2) is 30.3 Å². The highest BCUT2D eigenvalue weighted by Crippen LogP contribution is 2.28. The third kappa shape index (κ3) is 3.80. The average Bonchev–Trinajstić information content (AvgIpc) is 2.42. The Labute approximate surface area is 115 Å². The first-order valence-corrected chi connectivity index (χ1v) is 7.12. The van der Waals surface area contributed by atoms with E-state index in [1.807, 2.05) is 18.2 Å². The molecule has 0 N–H and O–H groups in total. The van der Waals surface area contributed by atoms with Crippen molar-refractivity contribution in [3.8, 4) is 0 Å². The molecule has 2 rings (SSSR count). The third-order valence-electron chi connectivity index (χ3n) is 3.88. The van der Waals surface area contributed by atoms with E-state index in [4.69, 9.17) is 4.74 Å². The van der Waals surface area contributed by atoms with Crippen molar-refractivity contribution in [2.24, 2.45) is 0 Å². The quantitative estimate of drug-likeness (QED) is 0.780. The van der Waals surface area contributed by atoms with Gasteiger partial charge in [0.25, 0.3) is 0 Å². The lowest BCUT2D eigenvalue weighted by molar-refractivity contribution is -0.143. The molecule has 0 spiro atoms. The van der Waals surface area contributed by atoms with Crippen molar-refractivity contribution in [1.82, 2.24) is 4.90 Å². The highest BCUT2D eigenvalue weighted by Gasteiger charge is 2.27. The monoisotopic (exact) mass is 261 g/mol. The van der Waals surface area contributed by atoms with Gasteiger partial charge in [-0.25, -0.2) is 0 Å². The normalized spacial score (nSPS) is 21.9. The fourth-order valence-corrected chi connectivity index (χ4v) is 2.84. The molecule has 1 aliphatic heterocycles. The minimum absolute atomic E-state index is 0.181. The molecule has 1 aliphatic rings. The van der Waals surface area contributed by atoms with E-state index in [9.17, 15) is 4.79 Å². The van der Waals surface area contributed by atoms with Gasteiger partial charge in [0.1, 0.15) is 6.61 Å². The van der Waals surface area contributed by atoms with Gasteiger partial charge in [-0.1, -0.05) is 36.8 Å². The van der Waals surface area contributed by atoms with Gasteiger partial charge in [-0.15, -0.1) is 0 Å². The third-order valence-corrected chi connectivity index (χ3v) is 3.88. The van der Waals surface area contributed by atoms with Crippen molar-refractivity contribution in [3.05, 3.63) is 35.9 Å². The van der Waals surface area contributed by atoms with Crippen molar-refractivity contribution in [2.45, 2.75) is 45.2 Å². The standard InChI is InChI=1S/C16H23NO2/c1-13-8-6-7-11-17(13)16(12-19-14(2)18)15-9-4-3-5-10-15/h3-5,9-10,13,16H,6-8,11-12H2,1-2H3/t13-,16+/m0/s1. The van der Waals surface area contributed by atoms with E-state index < -0.39 is 0 Å². The highest BCUT2D eigenvalue weighted by molar-refractivity contribution is 5.65. The van der Waals surface area contributed by atoms with E-state index in [0.717, 1.165) is 6.54 Å². The molecule has 1 fully saturated rings. The molecule has 0 aliphatic carbocycles. The average molecular weight is 261 g/mol. The second kappa shape index (κ2) is 6.71. The molecule has 3 heteroatoms. The van der Waals surface area contributed by atoms with Crippen LogP contribution in [0.2, 0.25) is 0 Å². The molecule has 3 nitrogen and oxygen atoms in total. The lowest BCUT2D eigenvalue weighted by atomic mass is 9.97. The molecule has 1 aromatic rings. The number of piperidine rings is 1. The Morgan fingerprint density at radius 3 is 2.74 bits per heavy atom. The van der Waals surface area contributed by atoms with Crippen molar-refractivity contribution in [3.63, 3.8) is 0 Å². The van der Waals surface area contributed by atoms with Crippen molar-refractivity contribution >= 4 is 5.97 Å². The maximum Gasteiger partial charge on any atom is 0.302 e.